The number of likely N-dealkylation sites (tertiary alicyclic amines) is 1. The zero-order valence-electron chi connectivity index (χ0n) is 13.1. The van der Waals surface area contributed by atoms with Crippen LogP contribution in [-0.2, 0) is 14.3 Å². The minimum absolute atomic E-state index is 0.0764. The summed E-state index contributed by atoms with van der Waals surface area (Å²) in [7, 11) is 0. The molecule has 0 saturated carbocycles. The Morgan fingerprint density at radius 2 is 2.10 bits per heavy atom. The lowest BCUT2D eigenvalue weighted by atomic mass is 10.1. The molecule has 2 amide bonds. The van der Waals surface area contributed by atoms with Crippen molar-refractivity contribution in [2.45, 2.75) is 39.7 Å². The van der Waals surface area contributed by atoms with Gasteiger partial charge in [0.05, 0.1) is 0 Å². The second-order valence-electron chi connectivity index (χ2n) is 6.14. The fourth-order valence-electron chi connectivity index (χ4n) is 2.02. The average Bonchev–Trinajstić information content (AvgIpc) is 2.65. The lowest BCUT2D eigenvalue weighted by Crippen LogP contribution is -2.38. The second kappa shape index (κ2) is 7.68. The minimum Gasteiger partial charge on any atom is -0.444 e. The molecule has 1 N–H and O–H groups in total. The van der Waals surface area contributed by atoms with E-state index in [-0.39, 0.29) is 16.9 Å². The highest BCUT2D eigenvalue weighted by Gasteiger charge is 2.29. The summed E-state index contributed by atoms with van der Waals surface area (Å²) in [6, 6.07) is 0. The minimum atomic E-state index is -0.525. The molecule has 0 aromatic rings. The van der Waals surface area contributed by atoms with Crippen molar-refractivity contribution >= 4 is 28.9 Å². The maximum atomic E-state index is 11.8. The lowest BCUT2D eigenvalue weighted by molar-refractivity contribution is -0.127. The molecule has 7 heteroatoms. The van der Waals surface area contributed by atoms with Crippen LogP contribution in [0.1, 0.15) is 34.1 Å². The second-order valence-corrected chi connectivity index (χ2v) is 7.34. The van der Waals surface area contributed by atoms with Crippen molar-refractivity contribution in [1.29, 1.82) is 0 Å². The van der Waals surface area contributed by atoms with Crippen LogP contribution in [0.25, 0.3) is 0 Å². The molecule has 1 saturated heterocycles. The maximum absolute atomic E-state index is 11.8. The zero-order valence-corrected chi connectivity index (χ0v) is 13.9. The molecule has 1 aliphatic heterocycles. The number of hydrogen-bond acceptors (Lipinski definition) is 5. The molecule has 120 valence electrons. The Morgan fingerprint density at radius 1 is 1.43 bits per heavy atom. The number of alkyl carbamates (subject to hydrolysis) is 1. The number of rotatable bonds is 5. The van der Waals surface area contributed by atoms with Gasteiger partial charge in [-0.3, -0.25) is 9.59 Å². The van der Waals surface area contributed by atoms with E-state index in [1.165, 1.54) is 18.7 Å². The first-order chi connectivity index (χ1) is 9.67. The van der Waals surface area contributed by atoms with Crippen molar-refractivity contribution in [3.8, 4) is 0 Å². The van der Waals surface area contributed by atoms with Gasteiger partial charge < -0.3 is 15.0 Å². The number of ether oxygens (including phenoxy) is 1. The van der Waals surface area contributed by atoms with Gasteiger partial charge in [-0.15, -0.1) is 0 Å². The molecule has 1 aliphatic rings. The van der Waals surface area contributed by atoms with E-state index in [0.29, 0.717) is 31.8 Å². The van der Waals surface area contributed by atoms with Gasteiger partial charge >= 0.3 is 6.09 Å². The number of thioether (sulfide) groups is 1. The van der Waals surface area contributed by atoms with Crippen molar-refractivity contribution in [1.82, 2.24) is 10.2 Å². The molecule has 1 fully saturated rings. The van der Waals surface area contributed by atoms with Crippen LogP contribution in [0.3, 0.4) is 0 Å². The SMILES string of the molecule is CC(=O)SCC1CC(=O)N(CCNC(=O)OC(C)(C)C)C1. The highest BCUT2D eigenvalue weighted by Crippen LogP contribution is 2.21. The Kier molecular flexibility index (Phi) is 6.51. The van der Waals surface area contributed by atoms with Crippen LogP contribution >= 0.6 is 11.8 Å². The molecule has 1 unspecified atom stereocenters. The molecule has 1 heterocycles. The van der Waals surface area contributed by atoms with Gasteiger partial charge in [-0.05, 0) is 26.7 Å². The first-order valence-corrected chi connectivity index (χ1v) is 8.04. The molecule has 0 aliphatic carbocycles. The van der Waals surface area contributed by atoms with Gasteiger partial charge in [-0.1, -0.05) is 11.8 Å². The van der Waals surface area contributed by atoms with Gasteiger partial charge in [-0.25, -0.2) is 4.79 Å². The summed E-state index contributed by atoms with van der Waals surface area (Å²) in [5.74, 6) is 0.972. The van der Waals surface area contributed by atoms with E-state index in [4.69, 9.17) is 4.74 Å². The molecule has 6 nitrogen and oxygen atoms in total. The predicted octanol–water partition coefficient (Wildman–Crippen LogP) is 1.64. The fraction of sp³-hybridized carbons (Fsp3) is 0.786. The zero-order chi connectivity index (χ0) is 16.0. The summed E-state index contributed by atoms with van der Waals surface area (Å²) < 4.78 is 5.12. The predicted molar refractivity (Wildman–Crippen MR) is 82.1 cm³/mol. The van der Waals surface area contributed by atoms with E-state index in [2.05, 4.69) is 5.32 Å². The van der Waals surface area contributed by atoms with Crippen LogP contribution in [-0.4, -0.2) is 53.0 Å². The van der Waals surface area contributed by atoms with Crippen molar-refractivity contribution in [2.75, 3.05) is 25.4 Å². The first-order valence-electron chi connectivity index (χ1n) is 7.05. The monoisotopic (exact) mass is 316 g/mol. The van der Waals surface area contributed by atoms with Gasteiger partial charge in [0.25, 0.3) is 0 Å². The fourth-order valence-corrected chi connectivity index (χ4v) is 2.72. The molecule has 0 radical (unpaired) electrons. The molecule has 0 aromatic heterocycles. The number of carbonyl (C=O) groups is 3. The molecule has 0 bridgehead atoms. The van der Waals surface area contributed by atoms with Gasteiger partial charge in [0.1, 0.15) is 5.60 Å². The highest BCUT2D eigenvalue weighted by molar-refractivity contribution is 8.13. The largest absolute Gasteiger partial charge is 0.444 e. The third kappa shape index (κ3) is 7.36. The van der Waals surface area contributed by atoms with Crippen LogP contribution in [0.4, 0.5) is 4.79 Å². The van der Waals surface area contributed by atoms with Gasteiger partial charge in [-0.2, -0.15) is 0 Å². The van der Waals surface area contributed by atoms with E-state index < -0.39 is 11.7 Å². The molecule has 21 heavy (non-hydrogen) atoms. The summed E-state index contributed by atoms with van der Waals surface area (Å²) in [6.45, 7) is 8.42. The van der Waals surface area contributed by atoms with Crippen molar-refractivity contribution < 1.29 is 19.1 Å². The van der Waals surface area contributed by atoms with Crippen molar-refractivity contribution in [2.24, 2.45) is 5.92 Å². The number of amides is 2. The summed E-state index contributed by atoms with van der Waals surface area (Å²) in [5, 5.41) is 2.71. The number of carbonyl (C=O) groups excluding carboxylic acids is 3. The number of nitrogens with zero attached hydrogens (tertiary/aromatic N) is 1. The Bertz CT molecular complexity index is 406. The quantitative estimate of drug-likeness (QED) is 0.834. The van der Waals surface area contributed by atoms with E-state index in [1.54, 1.807) is 25.7 Å². The topological polar surface area (TPSA) is 75.7 Å². The summed E-state index contributed by atoms with van der Waals surface area (Å²) in [6.07, 6.45) is 0.00466. The van der Waals surface area contributed by atoms with E-state index >= 15 is 0 Å². The Labute approximate surface area is 130 Å². The summed E-state index contributed by atoms with van der Waals surface area (Å²) in [5.41, 5.74) is -0.525. The Balaban J connectivity index is 2.25. The third-order valence-corrected chi connectivity index (χ3v) is 3.91. The van der Waals surface area contributed by atoms with Crippen LogP contribution in [0.2, 0.25) is 0 Å². The van der Waals surface area contributed by atoms with Crippen LogP contribution < -0.4 is 5.32 Å². The normalized spacial score (nSPS) is 18.8. The molecular formula is C14H24N2O4S. The van der Waals surface area contributed by atoms with E-state index in [9.17, 15) is 14.4 Å². The Morgan fingerprint density at radius 3 is 2.67 bits per heavy atom. The van der Waals surface area contributed by atoms with Gasteiger partial charge in [0, 0.05) is 38.7 Å². The molecule has 0 aromatic carbocycles. The summed E-state index contributed by atoms with van der Waals surface area (Å²) >= 11 is 1.26. The van der Waals surface area contributed by atoms with Crippen LogP contribution in [0, 0.1) is 5.92 Å². The van der Waals surface area contributed by atoms with E-state index in [1.807, 2.05) is 0 Å². The lowest BCUT2D eigenvalue weighted by Gasteiger charge is -2.21. The van der Waals surface area contributed by atoms with Crippen molar-refractivity contribution in [3.05, 3.63) is 0 Å². The first kappa shape index (κ1) is 17.8. The highest BCUT2D eigenvalue weighted by atomic mass is 32.2. The van der Waals surface area contributed by atoms with E-state index in [0.717, 1.165) is 0 Å². The van der Waals surface area contributed by atoms with Gasteiger partial charge in [0.2, 0.25) is 5.91 Å². The standard InChI is InChI=1S/C14H24N2O4S/c1-10(17)21-9-11-7-12(18)16(8-11)6-5-15-13(19)20-14(2,3)4/h11H,5-9H2,1-4H3,(H,15,19). The van der Waals surface area contributed by atoms with Crippen LogP contribution in [0.15, 0.2) is 0 Å². The molecular weight excluding hydrogens is 292 g/mol. The third-order valence-electron chi connectivity index (χ3n) is 2.87. The average molecular weight is 316 g/mol. The summed E-state index contributed by atoms with van der Waals surface area (Å²) in [4.78, 5) is 36.0. The van der Waals surface area contributed by atoms with Gasteiger partial charge in [0.15, 0.2) is 5.12 Å². The van der Waals surface area contributed by atoms with Crippen molar-refractivity contribution in [3.63, 3.8) is 0 Å². The number of nitrogens with one attached hydrogen (secondary N) is 1. The number of hydrogen-bond donors (Lipinski definition) is 1. The maximum Gasteiger partial charge on any atom is 0.407 e. The molecule has 1 atom stereocenters. The molecule has 0 spiro atoms. The van der Waals surface area contributed by atoms with Crippen LogP contribution in [0.5, 0.6) is 0 Å². The smallest absolute Gasteiger partial charge is 0.407 e. The molecule has 1 rings (SSSR count). The Hall–Kier alpha value is -1.24.